The van der Waals surface area contributed by atoms with E-state index in [1.54, 1.807) is 0 Å². The quantitative estimate of drug-likeness (QED) is 0.688. The standard InChI is InChI=1S/C11H11N3O4/c12-5-2-6-13-9(15)7-14-8(11(17)18)3-1-4-10(14)16/h1,3-4H,2,6-7H2,(H,13,15)(H,17,18). The van der Waals surface area contributed by atoms with Crippen LogP contribution >= 0.6 is 0 Å². The minimum atomic E-state index is -1.28. The van der Waals surface area contributed by atoms with Crippen LogP contribution < -0.4 is 10.9 Å². The first-order valence-electron chi connectivity index (χ1n) is 5.13. The van der Waals surface area contributed by atoms with E-state index in [9.17, 15) is 14.4 Å². The molecule has 7 nitrogen and oxygen atoms in total. The summed E-state index contributed by atoms with van der Waals surface area (Å²) in [5.74, 6) is -1.79. The number of carbonyl (C=O) groups is 2. The second-order valence-corrected chi connectivity index (χ2v) is 3.40. The van der Waals surface area contributed by atoms with Crippen molar-refractivity contribution in [2.45, 2.75) is 13.0 Å². The summed E-state index contributed by atoms with van der Waals surface area (Å²) in [6.07, 6.45) is 0.154. The molecule has 1 aromatic heterocycles. The number of amides is 1. The zero-order valence-corrected chi connectivity index (χ0v) is 9.42. The molecule has 0 radical (unpaired) electrons. The van der Waals surface area contributed by atoms with E-state index in [-0.39, 0.29) is 25.2 Å². The predicted molar refractivity (Wildman–Crippen MR) is 60.9 cm³/mol. The van der Waals surface area contributed by atoms with E-state index < -0.39 is 17.4 Å². The molecule has 0 aliphatic carbocycles. The van der Waals surface area contributed by atoms with Crippen molar-refractivity contribution in [3.8, 4) is 6.07 Å². The van der Waals surface area contributed by atoms with E-state index in [0.29, 0.717) is 0 Å². The van der Waals surface area contributed by atoms with E-state index >= 15 is 0 Å². The Labute approximate surface area is 102 Å². The minimum absolute atomic E-state index is 0.154. The lowest BCUT2D eigenvalue weighted by molar-refractivity contribution is -0.121. The van der Waals surface area contributed by atoms with Gasteiger partial charge in [0.25, 0.3) is 5.56 Å². The van der Waals surface area contributed by atoms with Gasteiger partial charge in [0.15, 0.2) is 0 Å². The van der Waals surface area contributed by atoms with Crippen molar-refractivity contribution in [2.75, 3.05) is 6.54 Å². The number of hydrogen-bond donors (Lipinski definition) is 2. The van der Waals surface area contributed by atoms with Crippen molar-refractivity contribution in [2.24, 2.45) is 0 Å². The van der Waals surface area contributed by atoms with Crippen LogP contribution in [-0.2, 0) is 11.3 Å². The zero-order chi connectivity index (χ0) is 13.5. The number of nitriles is 1. The van der Waals surface area contributed by atoms with Gasteiger partial charge in [-0.1, -0.05) is 6.07 Å². The summed E-state index contributed by atoms with van der Waals surface area (Å²) >= 11 is 0. The van der Waals surface area contributed by atoms with Crippen LogP contribution in [-0.4, -0.2) is 28.1 Å². The highest BCUT2D eigenvalue weighted by Crippen LogP contribution is 1.96. The third-order valence-electron chi connectivity index (χ3n) is 2.13. The van der Waals surface area contributed by atoms with Crippen molar-refractivity contribution < 1.29 is 14.7 Å². The van der Waals surface area contributed by atoms with Crippen LogP contribution in [0.5, 0.6) is 0 Å². The van der Waals surface area contributed by atoms with Crippen LogP contribution in [0.1, 0.15) is 16.9 Å². The topological polar surface area (TPSA) is 112 Å². The van der Waals surface area contributed by atoms with Gasteiger partial charge >= 0.3 is 5.97 Å². The molecule has 0 atom stereocenters. The Hall–Kier alpha value is -2.62. The van der Waals surface area contributed by atoms with Gasteiger partial charge < -0.3 is 10.4 Å². The van der Waals surface area contributed by atoms with Gasteiger partial charge in [-0.2, -0.15) is 5.26 Å². The van der Waals surface area contributed by atoms with Crippen molar-refractivity contribution in [3.05, 3.63) is 34.2 Å². The Balaban J connectivity index is 2.84. The van der Waals surface area contributed by atoms with Gasteiger partial charge in [0.05, 0.1) is 12.5 Å². The molecule has 1 heterocycles. The fourth-order valence-electron chi connectivity index (χ4n) is 1.33. The number of nitrogens with one attached hydrogen (secondary N) is 1. The number of aromatic nitrogens is 1. The first-order chi connectivity index (χ1) is 8.56. The maximum Gasteiger partial charge on any atom is 0.352 e. The summed E-state index contributed by atoms with van der Waals surface area (Å²) in [4.78, 5) is 33.8. The molecule has 0 aliphatic rings. The minimum Gasteiger partial charge on any atom is -0.477 e. The van der Waals surface area contributed by atoms with Crippen LogP contribution in [0.4, 0.5) is 0 Å². The number of carboxylic acids is 1. The van der Waals surface area contributed by atoms with Crippen LogP contribution in [0.15, 0.2) is 23.0 Å². The second-order valence-electron chi connectivity index (χ2n) is 3.40. The highest BCUT2D eigenvalue weighted by Gasteiger charge is 2.12. The lowest BCUT2D eigenvalue weighted by Crippen LogP contribution is -2.34. The van der Waals surface area contributed by atoms with Crippen LogP contribution in [0.25, 0.3) is 0 Å². The summed E-state index contributed by atoms with van der Waals surface area (Å²) in [5, 5.41) is 19.6. The third kappa shape index (κ3) is 3.45. The molecule has 0 spiro atoms. The second kappa shape index (κ2) is 6.20. The van der Waals surface area contributed by atoms with Gasteiger partial charge in [-0.15, -0.1) is 0 Å². The smallest absolute Gasteiger partial charge is 0.352 e. The van der Waals surface area contributed by atoms with E-state index in [0.717, 1.165) is 4.57 Å². The van der Waals surface area contributed by atoms with E-state index in [4.69, 9.17) is 10.4 Å². The van der Waals surface area contributed by atoms with Gasteiger partial charge in [0, 0.05) is 12.6 Å². The first kappa shape index (κ1) is 13.4. The lowest BCUT2D eigenvalue weighted by atomic mass is 10.3. The van der Waals surface area contributed by atoms with Crippen molar-refractivity contribution in [3.63, 3.8) is 0 Å². The molecule has 0 unspecified atom stereocenters. The predicted octanol–water partition coefficient (Wildman–Crippen LogP) is -0.424. The van der Waals surface area contributed by atoms with Crippen LogP contribution in [0.3, 0.4) is 0 Å². The maximum atomic E-state index is 11.5. The van der Waals surface area contributed by atoms with E-state index in [1.165, 1.54) is 18.2 Å². The molecule has 1 amide bonds. The van der Waals surface area contributed by atoms with Crippen molar-refractivity contribution >= 4 is 11.9 Å². The normalized spacial score (nSPS) is 9.50. The highest BCUT2D eigenvalue weighted by atomic mass is 16.4. The molecule has 0 saturated heterocycles. The molecule has 1 aromatic rings. The summed E-state index contributed by atoms with van der Waals surface area (Å²) in [6.45, 7) is -0.216. The van der Waals surface area contributed by atoms with Gasteiger partial charge in [-0.05, 0) is 6.07 Å². The Morgan fingerprint density at radius 1 is 1.44 bits per heavy atom. The van der Waals surface area contributed by atoms with E-state index in [1.807, 2.05) is 6.07 Å². The van der Waals surface area contributed by atoms with Crippen LogP contribution in [0, 0.1) is 11.3 Å². The molecule has 18 heavy (non-hydrogen) atoms. The van der Waals surface area contributed by atoms with Gasteiger partial charge in [0.1, 0.15) is 12.2 Å². The molecular formula is C11H11N3O4. The Morgan fingerprint density at radius 3 is 2.78 bits per heavy atom. The number of hydrogen-bond acceptors (Lipinski definition) is 4. The van der Waals surface area contributed by atoms with Crippen LogP contribution in [0.2, 0.25) is 0 Å². The Bertz CT molecular complexity index is 556. The molecule has 0 aromatic carbocycles. The average molecular weight is 249 g/mol. The highest BCUT2D eigenvalue weighted by molar-refractivity contribution is 5.86. The summed E-state index contributed by atoms with van der Waals surface area (Å²) in [7, 11) is 0. The third-order valence-corrected chi connectivity index (χ3v) is 2.13. The number of carboxylic acid groups (broad SMARTS) is 1. The molecule has 0 fully saturated rings. The van der Waals surface area contributed by atoms with Gasteiger partial charge in [-0.25, -0.2) is 4.79 Å². The van der Waals surface area contributed by atoms with Crippen molar-refractivity contribution in [1.82, 2.24) is 9.88 Å². The van der Waals surface area contributed by atoms with E-state index in [2.05, 4.69) is 5.32 Å². The molecule has 2 N–H and O–H groups in total. The Kier molecular flexibility index (Phi) is 4.63. The molecule has 0 aliphatic heterocycles. The number of carbonyl (C=O) groups excluding carboxylic acids is 1. The fraction of sp³-hybridized carbons (Fsp3) is 0.273. The summed E-state index contributed by atoms with van der Waals surface area (Å²) in [5.41, 5.74) is -0.816. The summed E-state index contributed by atoms with van der Waals surface area (Å²) in [6, 6.07) is 5.58. The number of nitrogens with zero attached hydrogens (tertiary/aromatic N) is 2. The maximum absolute atomic E-state index is 11.5. The zero-order valence-electron chi connectivity index (χ0n) is 9.42. The molecule has 1 rings (SSSR count). The number of aromatic carboxylic acids is 1. The monoisotopic (exact) mass is 249 g/mol. The average Bonchev–Trinajstić information content (AvgIpc) is 2.31. The van der Waals surface area contributed by atoms with Gasteiger partial charge in [-0.3, -0.25) is 14.2 Å². The number of pyridine rings is 1. The molecular weight excluding hydrogens is 238 g/mol. The Morgan fingerprint density at radius 2 is 2.17 bits per heavy atom. The fourth-order valence-corrected chi connectivity index (χ4v) is 1.33. The molecule has 0 bridgehead atoms. The molecule has 94 valence electrons. The van der Waals surface area contributed by atoms with Crippen molar-refractivity contribution in [1.29, 1.82) is 5.26 Å². The molecule has 0 saturated carbocycles. The van der Waals surface area contributed by atoms with Gasteiger partial charge in [0.2, 0.25) is 5.91 Å². The lowest BCUT2D eigenvalue weighted by Gasteiger charge is -2.09. The summed E-state index contributed by atoms with van der Waals surface area (Å²) < 4.78 is 0.865. The largest absolute Gasteiger partial charge is 0.477 e. The number of rotatable bonds is 5. The SMILES string of the molecule is N#CCCNC(=O)Cn1c(C(=O)O)cccc1=O. The first-order valence-corrected chi connectivity index (χ1v) is 5.13. The molecule has 7 heteroatoms.